The van der Waals surface area contributed by atoms with Crippen LogP contribution in [0.4, 0.5) is 0 Å². The highest BCUT2D eigenvalue weighted by Crippen LogP contribution is 2.33. The fourth-order valence-electron chi connectivity index (χ4n) is 4.39. The predicted octanol–water partition coefficient (Wildman–Crippen LogP) is 3.65. The van der Waals surface area contributed by atoms with Gasteiger partial charge in [0.2, 0.25) is 6.79 Å². The zero-order valence-electron chi connectivity index (χ0n) is 18.9. The van der Waals surface area contributed by atoms with Crippen LogP contribution < -0.4 is 9.47 Å². The standard InChI is InChI=1S/C26H26N4O3/c1-18-3-5-22(13-19(18)2)30-8-7-21(15-27)25(30)26(31)29-11-9-28(10-12-29)16-20-4-6-23-24(14-20)33-17-32-23/h3-8,13-14H,9-12,16-17H2,1-2H3. The summed E-state index contributed by atoms with van der Waals surface area (Å²) in [5, 5.41) is 9.64. The molecule has 0 unspecified atom stereocenters. The number of hydrogen-bond donors (Lipinski definition) is 0. The number of fused-ring (bicyclic) bond motifs is 1. The Morgan fingerprint density at radius 1 is 0.970 bits per heavy atom. The summed E-state index contributed by atoms with van der Waals surface area (Å²) in [6.07, 6.45) is 1.81. The van der Waals surface area contributed by atoms with Gasteiger partial charge in [-0.3, -0.25) is 9.69 Å². The molecule has 0 atom stereocenters. The molecule has 0 N–H and O–H groups in total. The van der Waals surface area contributed by atoms with Gasteiger partial charge in [-0.15, -0.1) is 0 Å². The monoisotopic (exact) mass is 442 g/mol. The Labute approximate surface area is 193 Å². The highest BCUT2D eigenvalue weighted by atomic mass is 16.7. The van der Waals surface area contributed by atoms with Crippen LogP contribution in [-0.4, -0.2) is 53.2 Å². The van der Waals surface area contributed by atoms with Crippen LogP contribution in [0.3, 0.4) is 0 Å². The summed E-state index contributed by atoms with van der Waals surface area (Å²) in [4.78, 5) is 17.7. The van der Waals surface area contributed by atoms with Crippen LogP contribution in [0.2, 0.25) is 0 Å². The number of carbonyl (C=O) groups is 1. The molecule has 1 saturated heterocycles. The lowest BCUT2D eigenvalue weighted by molar-refractivity contribution is 0.0620. The van der Waals surface area contributed by atoms with Gasteiger partial charge < -0.3 is 18.9 Å². The van der Waals surface area contributed by atoms with E-state index >= 15 is 0 Å². The molecule has 2 aliphatic rings. The molecule has 168 valence electrons. The summed E-state index contributed by atoms with van der Waals surface area (Å²) >= 11 is 0. The van der Waals surface area contributed by atoms with Crippen LogP contribution in [0.15, 0.2) is 48.7 Å². The van der Waals surface area contributed by atoms with Gasteiger partial charge in [0.15, 0.2) is 11.5 Å². The molecule has 3 heterocycles. The van der Waals surface area contributed by atoms with E-state index in [1.54, 1.807) is 6.07 Å². The van der Waals surface area contributed by atoms with E-state index in [-0.39, 0.29) is 12.7 Å². The number of nitrogens with zero attached hydrogens (tertiary/aromatic N) is 4. The second-order valence-corrected chi connectivity index (χ2v) is 8.58. The van der Waals surface area contributed by atoms with Gasteiger partial charge in [0.05, 0.1) is 5.56 Å². The number of aromatic nitrogens is 1. The third-order valence-corrected chi connectivity index (χ3v) is 6.48. The fourth-order valence-corrected chi connectivity index (χ4v) is 4.39. The summed E-state index contributed by atoms with van der Waals surface area (Å²) in [6, 6.07) is 16.0. The Balaban J connectivity index is 1.29. The van der Waals surface area contributed by atoms with E-state index in [1.807, 2.05) is 39.9 Å². The van der Waals surface area contributed by atoms with Crippen molar-refractivity contribution in [3.63, 3.8) is 0 Å². The van der Waals surface area contributed by atoms with Gasteiger partial charge in [-0.1, -0.05) is 12.1 Å². The average Bonchev–Trinajstić information content (AvgIpc) is 3.47. The topological polar surface area (TPSA) is 70.7 Å². The maximum absolute atomic E-state index is 13.5. The number of nitriles is 1. The Morgan fingerprint density at radius 2 is 1.76 bits per heavy atom. The molecule has 2 aliphatic heterocycles. The van der Waals surface area contributed by atoms with Crippen molar-refractivity contribution in [3.05, 3.63) is 76.6 Å². The smallest absolute Gasteiger partial charge is 0.272 e. The third-order valence-electron chi connectivity index (χ3n) is 6.48. The number of piperazine rings is 1. The predicted molar refractivity (Wildman–Crippen MR) is 124 cm³/mol. The Morgan fingerprint density at radius 3 is 2.52 bits per heavy atom. The molecule has 0 spiro atoms. The minimum atomic E-state index is -0.0995. The minimum absolute atomic E-state index is 0.0995. The van der Waals surface area contributed by atoms with Crippen LogP contribution >= 0.6 is 0 Å². The second-order valence-electron chi connectivity index (χ2n) is 8.58. The van der Waals surface area contributed by atoms with Gasteiger partial charge in [0, 0.05) is 44.6 Å². The molecule has 0 bridgehead atoms. The minimum Gasteiger partial charge on any atom is -0.454 e. The summed E-state index contributed by atoms with van der Waals surface area (Å²) in [7, 11) is 0. The van der Waals surface area contributed by atoms with E-state index < -0.39 is 0 Å². The molecule has 1 amide bonds. The van der Waals surface area contributed by atoms with Gasteiger partial charge >= 0.3 is 0 Å². The molecule has 7 nitrogen and oxygen atoms in total. The van der Waals surface area contributed by atoms with Crippen molar-refractivity contribution in [2.45, 2.75) is 20.4 Å². The molecule has 5 rings (SSSR count). The van der Waals surface area contributed by atoms with Crippen LogP contribution in [0.25, 0.3) is 5.69 Å². The van der Waals surface area contributed by atoms with E-state index in [0.29, 0.717) is 24.3 Å². The summed E-state index contributed by atoms with van der Waals surface area (Å²) < 4.78 is 12.7. The molecular formula is C26H26N4O3. The Kier molecular flexibility index (Phi) is 5.53. The maximum atomic E-state index is 13.5. The van der Waals surface area contributed by atoms with Crippen LogP contribution in [0.1, 0.15) is 32.7 Å². The van der Waals surface area contributed by atoms with Crippen LogP contribution in [0.5, 0.6) is 11.5 Å². The number of hydrogen-bond acceptors (Lipinski definition) is 5. The van der Waals surface area contributed by atoms with Gasteiger partial charge in [0.1, 0.15) is 11.8 Å². The molecule has 0 saturated carbocycles. The lowest BCUT2D eigenvalue weighted by atomic mass is 10.1. The van der Waals surface area contributed by atoms with Crippen LogP contribution in [-0.2, 0) is 6.54 Å². The normalized spacial score (nSPS) is 15.5. The molecular weight excluding hydrogens is 416 g/mol. The SMILES string of the molecule is Cc1ccc(-n2ccc(C#N)c2C(=O)N2CCN(Cc3ccc4c(c3)OCO4)CC2)cc1C. The van der Waals surface area contributed by atoms with Crippen molar-refractivity contribution in [2.75, 3.05) is 33.0 Å². The fraction of sp³-hybridized carbons (Fsp3) is 0.308. The van der Waals surface area contributed by atoms with E-state index in [4.69, 9.17) is 9.47 Å². The molecule has 1 aromatic heterocycles. The molecule has 0 aliphatic carbocycles. The molecule has 2 aromatic carbocycles. The van der Waals surface area contributed by atoms with Crippen LogP contribution in [0, 0.1) is 25.2 Å². The Bertz CT molecular complexity index is 1250. The average molecular weight is 443 g/mol. The first-order valence-corrected chi connectivity index (χ1v) is 11.1. The number of benzene rings is 2. The first-order valence-electron chi connectivity index (χ1n) is 11.1. The lowest BCUT2D eigenvalue weighted by Crippen LogP contribution is -2.48. The molecule has 7 heteroatoms. The van der Waals surface area contributed by atoms with Gasteiger partial charge in [0.25, 0.3) is 5.91 Å². The number of amides is 1. The number of ether oxygens (including phenoxy) is 2. The van der Waals surface area contributed by atoms with Gasteiger partial charge in [-0.05, 0) is 60.9 Å². The highest BCUT2D eigenvalue weighted by Gasteiger charge is 2.27. The van der Waals surface area contributed by atoms with E-state index in [2.05, 4.69) is 36.9 Å². The second kappa shape index (κ2) is 8.64. The third kappa shape index (κ3) is 4.06. The van der Waals surface area contributed by atoms with Crippen molar-refractivity contribution in [1.29, 1.82) is 5.26 Å². The summed E-state index contributed by atoms with van der Waals surface area (Å²) in [5.41, 5.74) is 5.23. The molecule has 33 heavy (non-hydrogen) atoms. The number of carbonyl (C=O) groups excluding carboxylic acids is 1. The summed E-state index contributed by atoms with van der Waals surface area (Å²) in [5.74, 6) is 1.48. The van der Waals surface area contributed by atoms with E-state index in [0.717, 1.165) is 47.9 Å². The van der Waals surface area contributed by atoms with Gasteiger partial charge in [-0.2, -0.15) is 5.26 Å². The molecule has 0 radical (unpaired) electrons. The zero-order chi connectivity index (χ0) is 22.9. The largest absolute Gasteiger partial charge is 0.454 e. The number of aryl methyl sites for hydroxylation is 2. The van der Waals surface area contributed by atoms with Crippen molar-refractivity contribution >= 4 is 5.91 Å². The first-order chi connectivity index (χ1) is 16.0. The van der Waals surface area contributed by atoms with Crippen molar-refractivity contribution in [2.24, 2.45) is 0 Å². The lowest BCUT2D eigenvalue weighted by Gasteiger charge is -2.35. The number of rotatable bonds is 4. The molecule has 3 aromatic rings. The van der Waals surface area contributed by atoms with Crippen molar-refractivity contribution < 1.29 is 14.3 Å². The first kappa shape index (κ1) is 21.1. The van der Waals surface area contributed by atoms with E-state index in [9.17, 15) is 10.1 Å². The zero-order valence-corrected chi connectivity index (χ0v) is 18.9. The van der Waals surface area contributed by atoms with Crippen molar-refractivity contribution in [3.8, 4) is 23.3 Å². The maximum Gasteiger partial charge on any atom is 0.272 e. The summed E-state index contributed by atoms with van der Waals surface area (Å²) in [6.45, 7) is 7.95. The molecule has 1 fully saturated rings. The van der Waals surface area contributed by atoms with Crippen molar-refractivity contribution in [1.82, 2.24) is 14.4 Å². The Hall–Kier alpha value is -3.76. The highest BCUT2D eigenvalue weighted by molar-refractivity contribution is 5.96. The van der Waals surface area contributed by atoms with E-state index in [1.165, 1.54) is 5.56 Å². The van der Waals surface area contributed by atoms with Gasteiger partial charge in [-0.25, -0.2) is 0 Å². The quantitative estimate of drug-likeness (QED) is 0.617.